The van der Waals surface area contributed by atoms with E-state index in [2.05, 4.69) is 31.0 Å². The van der Waals surface area contributed by atoms with Crippen LogP contribution in [0.4, 0.5) is 0 Å². The summed E-state index contributed by atoms with van der Waals surface area (Å²) in [6.45, 7) is 10.8. The van der Waals surface area contributed by atoms with Gasteiger partial charge in [-0.25, -0.2) is 0 Å². The van der Waals surface area contributed by atoms with E-state index in [-0.39, 0.29) is 0 Å². The molecule has 1 aliphatic heterocycles. The highest BCUT2D eigenvalue weighted by molar-refractivity contribution is 4.89. The minimum Gasteiger partial charge on any atom is -0.312 e. The van der Waals surface area contributed by atoms with Crippen LogP contribution in [0.3, 0.4) is 0 Å². The van der Waals surface area contributed by atoms with Crippen molar-refractivity contribution in [2.24, 2.45) is 11.8 Å². The van der Waals surface area contributed by atoms with Gasteiger partial charge in [-0.1, -0.05) is 33.6 Å². The van der Waals surface area contributed by atoms with Crippen LogP contribution in [0.1, 0.15) is 65.7 Å². The molecule has 1 unspecified atom stereocenters. The molecule has 0 radical (unpaired) electrons. The summed E-state index contributed by atoms with van der Waals surface area (Å²) in [6, 6.07) is 1.59. The summed E-state index contributed by atoms with van der Waals surface area (Å²) < 4.78 is 0. The van der Waals surface area contributed by atoms with Crippen molar-refractivity contribution in [2.75, 3.05) is 19.6 Å². The fraction of sp³-hybridized carbons (Fsp3) is 1.00. The second kappa shape index (κ2) is 7.64. The maximum absolute atomic E-state index is 3.77. The van der Waals surface area contributed by atoms with Gasteiger partial charge in [0.15, 0.2) is 0 Å². The van der Waals surface area contributed by atoms with Gasteiger partial charge >= 0.3 is 0 Å². The Balaban J connectivity index is 1.90. The first-order valence-corrected chi connectivity index (χ1v) is 8.69. The molecule has 3 atom stereocenters. The summed E-state index contributed by atoms with van der Waals surface area (Å²) in [6.07, 6.45) is 10.1. The lowest BCUT2D eigenvalue weighted by molar-refractivity contribution is 0.0483. The molecular formula is C17H34N2. The highest BCUT2D eigenvalue weighted by atomic mass is 15.2. The van der Waals surface area contributed by atoms with Gasteiger partial charge in [-0.15, -0.1) is 0 Å². The van der Waals surface area contributed by atoms with Crippen LogP contribution in [0, 0.1) is 11.8 Å². The molecule has 112 valence electrons. The van der Waals surface area contributed by atoms with Gasteiger partial charge in [-0.3, -0.25) is 4.90 Å². The van der Waals surface area contributed by atoms with E-state index in [0.29, 0.717) is 6.04 Å². The van der Waals surface area contributed by atoms with Crippen LogP contribution in [0.5, 0.6) is 0 Å². The van der Waals surface area contributed by atoms with E-state index in [1.807, 2.05) is 0 Å². The van der Waals surface area contributed by atoms with Crippen molar-refractivity contribution in [3.05, 3.63) is 0 Å². The average molecular weight is 266 g/mol. The van der Waals surface area contributed by atoms with Crippen molar-refractivity contribution in [1.29, 1.82) is 0 Å². The zero-order valence-corrected chi connectivity index (χ0v) is 13.3. The molecule has 19 heavy (non-hydrogen) atoms. The number of hydrogen-bond acceptors (Lipinski definition) is 2. The monoisotopic (exact) mass is 266 g/mol. The molecule has 0 aromatic heterocycles. The lowest BCUT2D eigenvalue weighted by atomic mass is 9.78. The standard InChI is InChI=1S/C17H34N2/c1-4-11-18-16(14(2)3)13-19-12-7-9-15-8-5-6-10-17(15)19/h14-18H,4-13H2,1-3H3/t15-,16?,17-/m1/s1. The zero-order valence-electron chi connectivity index (χ0n) is 13.3. The Kier molecular flexibility index (Phi) is 6.15. The first-order valence-electron chi connectivity index (χ1n) is 8.69. The van der Waals surface area contributed by atoms with Crippen LogP contribution in [-0.2, 0) is 0 Å². The Bertz CT molecular complexity index is 250. The highest BCUT2D eigenvalue weighted by Gasteiger charge is 2.34. The van der Waals surface area contributed by atoms with Crippen LogP contribution in [0.15, 0.2) is 0 Å². The molecule has 0 amide bonds. The first kappa shape index (κ1) is 15.3. The fourth-order valence-corrected chi connectivity index (χ4v) is 4.05. The third-order valence-corrected chi connectivity index (χ3v) is 5.25. The summed E-state index contributed by atoms with van der Waals surface area (Å²) >= 11 is 0. The summed E-state index contributed by atoms with van der Waals surface area (Å²) in [7, 11) is 0. The lowest BCUT2D eigenvalue weighted by Crippen LogP contribution is -2.53. The predicted molar refractivity (Wildman–Crippen MR) is 83.5 cm³/mol. The molecule has 2 heteroatoms. The van der Waals surface area contributed by atoms with E-state index in [1.54, 1.807) is 0 Å². The van der Waals surface area contributed by atoms with Crippen LogP contribution >= 0.6 is 0 Å². The van der Waals surface area contributed by atoms with Crippen molar-refractivity contribution < 1.29 is 0 Å². The van der Waals surface area contributed by atoms with Crippen LogP contribution in [-0.4, -0.2) is 36.6 Å². The van der Waals surface area contributed by atoms with E-state index in [4.69, 9.17) is 0 Å². The van der Waals surface area contributed by atoms with E-state index < -0.39 is 0 Å². The number of likely N-dealkylation sites (tertiary alicyclic amines) is 1. The normalized spacial score (nSPS) is 30.3. The molecule has 0 aromatic rings. The third-order valence-electron chi connectivity index (χ3n) is 5.25. The Morgan fingerprint density at radius 3 is 2.58 bits per heavy atom. The molecule has 1 aliphatic carbocycles. The van der Waals surface area contributed by atoms with E-state index in [0.717, 1.165) is 17.9 Å². The molecular weight excluding hydrogens is 232 g/mol. The zero-order chi connectivity index (χ0) is 13.7. The largest absolute Gasteiger partial charge is 0.312 e. The summed E-state index contributed by atoms with van der Waals surface area (Å²) in [5, 5.41) is 3.77. The summed E-state index contributed by atoms with van der Waals surface area (Å²) in [4.78, 5) is 2.83. The van der Waals surface area contributed by atoms with Gasteiger partial charge in [0.05, 0.1) is 0 Å². The minimum absolute atomic E-state index is 0.681. The average Bonchev–Trinajstić information content (AvgIpc) is 2.43. The van der Waals surface area contributed by atoms with Crippen LogP contribution in [0.25, 0.3) is 0 Å². The highest BCUT2D eigenvalue weighted by Crippen LogP contribution is 2.35. The maximum atomic E-state index is 3.77. The lowest BCUT2D eigenvalue weighted by Gasteiger charge is -2.46. The van der Waals surface area contributed by atoms with Crippen LogP contribution in [0.2, 0.25) is 0 Å². The molecule has 1 saturated heterocycles. The van der Waals surface area contributed by atoms with E-state index >= 15 is 0 Å². The topological polar surface area (TPSA) is 15.3 Å². The van der Waals surface area contributed by atoms with Crippen molar-refractivity contribution in [2.45, 2.75) is 77.8 Å². The number of nitrogens with zero attached hydrogens (tertiary/aromatic N) is 1. The van der Waals surface area contributed by atoms with Gasteiger partial charge in [0.25, 0.3) is 0 Å². The Labute approximate surface area is 120 Å². The molecule has 1 N–H and O–H groups in total. The molecule has 2 rings (SSSR count). The Hall–Kier alpha value is -0.0800. The van der Waals surface area contributed by atoms with Crippen molar-refractivity contribution >= 4 is 0 Å². The minimum atomic E-state index is 0.681. The van der Waals surface area contributed by atoms with Gasteiger partial charge in [-0.2, -0.15) is 0 Å². The maximum Gasteiger partial charge on any atom is 0.0218 e. The van der Waals surface area contributed by atoms with Crippen molar-refractivity contribution in [1.82, 2.24) is 10.2 Å². The van der Waals surface area contributed by atoms with Crippen molar-refractivity contribution in [3.63, 3.8) is 0 Å². The smallest absolute Gasteiger partial charge is 0.0218 e. The molecule has 2 nitrogen and oxygen atoms in total. The third kappa shape index (κ3) is 4.19. The van der Waals surface area contributed by atoms with Gasteiger partial charge in [-0.05, 0) is 57.0 Å². The van der Waals surface area contributed by atoms with Gasteiger partial charge in [0.2, 0.25) is 0 Å². The number of fused-ring (bicyclic) bond motifs is 1. The first-order chi connectivity index (χ1) is 9.22. The summed E-state index contributed by atoms with van der Waals surface area (Å²) in [5.41, 5.74) is 0. The van der Waals surface area contributed by atoms with Crippen LogP contribution < -0.4 is 5.32 Å². The SMILES string of the molecule is CCCNC(CN1CCC[C@H]2CCCC[C@H]21)C(C)C. The summed E-state index contributed by atoms with van der Waals surface area (Å²) in [5.74, 6) is 1.76. The predicted octanol–water partition coefficient (Wildman–Crippen LogP) is 3.67. The molecule has 1 saturated carbocycles. The molecule has 0 aromatic carbocycles. The second-order valence-corrected chi connectivity index (χ2v) is 7.05. The fourth-order valence-electron chi connectivity index (χ4n) is 4.05. The van der Waals surface area contributed by atoms with E-state index in [1.165, 1.54) is 64.6 Å². The molecule has 0 bridgehead atoms. The number of hydrogen-bond donors (Lipinski definition) is 1. The molecule has 2 aliphatic rings. The van der Waals surface area contributed by atoms with Crippen molar-refractivity contribution in [3.8, 4) is 0 Å². The van der Waals surface area contributed by atoms with E-state index in [9.17, 15) is 0 Å². The molecule has 0 spiro atoms. The second-order valence-electron chi connectivity index (χ2n) is 7.05. The van der Waals surface area contributed by atoms with Gasteiger partial charge in [0, 0.05) is 18.6 Å². The molecule has 1 heterocycles. The quantitative estimate of drug-likeness (QED) is 0.789. The Morgan fingerprint density at radius 2 is 1.84 bits per heavy atom. The number of nitrogens with one attached hydrogen (secondary N) is 1. The Morgan fingerprint density at radius 1 is 1.11 bits per heavy atom. The van der Waals surface area contributed by atoms with Gasteiger partial charge < -0.3 is 5.32 Å². The number of piperidine rings is 1. The van der Waals surface area contributed by atoms with Gasteiger partial charge in [0.1, 0.15) is 0 Å². The molecule has 2 fully saturated rings. The number of rotatable bonds is 6.